The summed E-state index contributed by atoms with van der Waals surface area (Å²) in [5, 5.41) is 3.50. The van der Waals surface area contributed by atoms with Crippen LogP contribution in [0.25, 0.3) is 0 Å². The molecule has 142 valence electrons. The molecular weight excluding hydrogens is 326 g/mol. The number of nitrogens with one attached hydrogen (secondary N) is 1. The van der Waals surface area contributed by atoms with Crippen LogP contribution in [0, 0.1) is 11.8 Å². The van der Waals surface area contributed by atoms with Crippen molar-refractivity contribution in [2.75, 3.05) is 63.8 Å². The van der Waals surface area contributed by atoms with E-state index in [9.17, 15) is 4.79 Å². The summed E-state index contributed by atoms with van der Waals surface area (Å²) < 4.78 is 0. The van der Waals surface area contributed by atoms with Gasteiger partial charge in [0.25, 0.3) is 0 Å². The summed E-state index contributed by atoms with van der Waals surface area (Å²) >= 11 is 0. The number of likely N-dealkylation sites (tertiary alicyclic amines) is 1. The number of aromatic nitrogens is 1. The van der Waals surface area contributed by atoms with Crippen molar-refractivity contribution in [3.05, 3.63) is 24.4 Å². The number of carbonyl (C=O) groups is 1. The zero-order chi connectivity index (χ0) is 17.8. The van der Waals surface area contributed by atoms with Crippen LogP contribution in [0.5, 0.6) is 0 Å². The van der Waals surface area contributed by atoms with Gasteiger partial charge in [-0.2, -0.15) is 0 Å². The topological polar surface area (TPSA) is 51.7 Å². The van der Waals surface area contributed by atoms with Crippen molar-refractivity contribution in [1.29, 1.82) is 0 Å². The van der Waals surface area contributed by atoms with E-state index in [1.54, 1.807) is 0 Å². The first kappa shape index (κ1) is 17.7. The number of amides is 1. The third kappa shape index (κ3) is 4.18. The predicted octanol–water partition coefficient (Wildman–Crippen LogP) is 1.05. The van der Waals surface area contributed by atoms with Crippen molar-refractivity contribution < 1.29 is 4.79 Å². The number of rotatable bonds is 4. The van der Waals surface area contributed by atoms with Gasteiger partial charge in [0, 0.05) is 58.4 Å². The summed E-state index contributed by atoms with van der Waals surface area (Å²) in [6.45, 7) is 9.10. The van der Waals surface area contributed by atoms with Crippen molar-refractivity contribution in [2.45, 2.75) is 19.3 Å². The van der Waals surface area contributed by atoms with Gasteiger partial charge in [-0.15, -0.1) is 0 Å². The van der Waals surface area contributed by atoms with Crippen molar-refractivity contribution in [1.82, 2.24) is 20.1 Å². The minimum Gasteiger partial charge on any atom is -0.354 e. The number of hydrogen-bond acceptors (Lipinski definition) is 5. The molecule has 0 bridgehead atoms. The summed E-state index contributed by atoms with van der Waals surface area (Å²) in [6.07, 6.45) is 4.86. The molecule has 0 aromatic carbocycles. The number of piperazine rings is 1. The molecule has 1 aromatic heterocycles. The highest BCUT2D eigenvalue weighted by Gasteiger charge is 2.31. The molecular formula is C20H31N5O. The minimum atomic E-state index is 0.352. The first-order valence-electron chi connectivity index (χ1n) is 10.2. The summed E-state index contributed by atoms with van der Waals surface area (Å²) in [4.78, 5) is 24.0. The average molecular weight is 358 g/mol. The number of carbonyl (C=O) groups excluding carboxylic acids is 1. The number of nitrogens with zero attached hydrogens (tertiary/aromatic N) is 4. The standard InChI is InChI=1S/C20H31N5O/c26-20(25-9-4-17-15-21-16-18(17)5-10-25)6-8-23-11-13-24(14-12-23)19-3-1-2-7-22-19/h1-3,7,17-18,21H,4-6,8-16H2/t17-,18+. The van der Waals surface area contributed by atoms with Gasteiger partial charge in [-0.25, -0.2) is 4.98 Å². The van der Waals surface area contributed by atoms with Crippen LogP contribution in [0.3, 0.4) is 0 Å². The molecule has 4 heterocycles. The maximum Gasteiger partial charge on any atom is 0.223 e. The van der Waals surface area contributed by atoms with E-state index in [1.807, 2.05) is 18.3 Å². The molecule has 0 saturated carbocycles. The van der Waals surface area contributed by atoms with E-state index in [0.29, 0.717) is 12.3 Å². The second-order valence-corrected chi connectivity index (χ2v) is 7.90. The second kappa shape index (κ2) is 8.35. The number of pyridine rings is 1. The van der Waals surface area contributed by atoms with Gasteiger partial charge in [-0.1, -0.05) is 6.07 Å². The molecule has 3 fully saturated rings. The molecule has 0 aliphatic carbocycles. The van der Waals surface area contributed by atoms with E-state index >= 15 is 0 Å². The van der Waals surface area contributed by atoms with Crippen LogP contribution >= 0.6 is 0 Å². The molecule has 1 aromatic rings. The monoisotopic (exact) mass is 357 g/mol. The largest absolute Gasteiger partial charge is 0.354 e. The third-order valence-electron chi connectivity index (χ3n) is 6.36. The Balaban J connectivity index is 1.19. The quantitative estimate of drug-likeness (QED) is 0.873. The zero-order valence-corrected chi connectivity index (χ0v) is 15.6. The molecule has 4 rings (SSSR count). The predicted molar refractivity (Wildman–Crippen MR) is 103 cm³/mol. The van der Waals surface area contributed by atoms with E-state index in [4.69, 9.17) is 0 Å². The lowest BCUT2D eigenvalue weighted by Crippen LogP contribution is -2.47. The summed E-state index contributed by atoms with van der Waals surface area (Å²) in [6, 6.07) is 6.07. The van der Waals surface area contributed by atoms with Gasteiger partial charge in [0.1, 0.15) is 5.82 Å². The fraction of sp³-hybridized carbons (Fsp3) is 0.700. The Labute approximate surface area is 156 Å². The van der Waals surface area contributed by atoms with Gasteiger partial charge in [-0.3, -0.25) is 9.69 Å². The maximum absolute atomic E-state index is 12.7. The molecule has 1 amide bonds. The normalized spacial score (nSPS) is 27.2. The highest BCUT2D eigenvalue weighted by atomic mass is 16.2. The van der Waals surface area contributed by atoms with E-state index in [-0.39, 0.29) is 0 Å². The molecule has 0 spiro atoms. The molecule has 3 saturated heterocycles. The lowest BCUT2D eigenvalue weighted by atomic mass is 9.92. The smallest absolute Gasteiger partial charge is 0.223 e. The first-order chi connectivity index (χ1) is 12.8. The Morgan fingerprint density at radius 2 is 1.77 bits per heavy atom. The lowest BCUT2D eigenvalue weighted by molar-refractivity contribution is -0.131. The highest BCUT2D eigenvalue weighted by Crippen LogP contribution is 2.27. The van der Waals surface area contributed by atoms with Gasteiger partial charge in [0.2, 0.25) is 5.91 Å². The molecule has 1 N–H and O–H groups in total. The number of fused-ring (bicyclic) bond motifs is 1. The van der Waals surface area contributed by atoms with Gasteiger partial charge in [0.05, 0.1) is 0 Å². The number of anilines is 1. The minimum absolute atomic E-state index is 0.352. The van der Waals surface area contributed by atoms with Crippen molar-refractivity contribution in [3.8, 4) is 0 Å². The van der Waals surface area contributed by atoms with E-state index in [0.717, 1.165) is 76.6 Å². The van der Waals surface area contributed by atoms with Crippen LogP contribution in [-0.4, -0.2) is 79.6 Å². The zero-order valence-electron chi connectivity index (χ0n) is 15.6. The van der Waals surface area contributed by atoms with Crippen molar-refractivity contribution in [3.63, 3.8) is 0 Å². The molecule has 6 heteroatoms. The SMILES string of the molecule is O=C(CCN1CCN(c2ccccn2)CC1)N1CC[C@@H]2CNC[C@@H]2CC1. The van der Waals surface area contributed by atoms with Crippen LogP contribution in [-0.2, 0) is 4.79 Å². The van der Waals surface area contributed by atoms with E-state index in [1.165, 1.54) is 12.8 Å². The fourth-order valence-corrected chi connectivity index (χ4v) is 4.62. The summed E-state index contributed by atoms with van der Waals surface area (Å²) in [5.41, 5.74) is 0. The lowest BCUT2D eigenvalue weighted by Gasteiger charge is -2.35. The van der Waals surface area contributed by atoms with Crippen LogP contribution < -0.4 is 10.2 Å². The second-order valence-electron chi connectivity index (χ2n) is 7.90. The molecule has 0 unspecified atom stereocenters. The van der Waals surface area contributed by atoms with Gasteiger partial charge < -0.3 is 15.1 Å². The van der Waals surface area contributed by atoms with Gasteiger partial charge in [-0.05, 0) is 49.9 Å². The molecule has 3 aliphatic rings. The highest BCUT2D eigenvalue weighted by molar-refractivity contribution is 5.76. The summed E-state index contributed by atoms with van der Waals surface area (Å²) in [5.74, 6) is 2.98. The Hall–Kier alpha value is -1.66. The summed E-state index contributed by atoms with van der Waals surface area (Å²) in [7, 11) is 0. The third-order valence-corrected chi connectivity index (χ3v) is 6.36. The molecule has 0 radical (unpaired) electrons. The van der Waals surface area contributed by atoms with Crippen LogP contribution in [0.15, 0.2) is 24.4 Å². The van der Waals surface area contributed by atoms with Crippen LogP contribution in [0.2, 0.25) is 0 Å². The molecule has 2 atom stereocenters. The molecule has 26 heavy (non-hydrogen) atoms. The van der Waals surface area contributed by atoms with Crippen LogP contribution in [0.1, 0.15) is 19.3 Å². The molecule has 3 aliphatic heterocycles. The first-order valence-corrected chi connectivity index (χ1v) is 10.2. The Morgan fingerprint density at radius 1 is 1.04 bits per heavy atom. The Morgan fingerprint density at radius 3 is 2.42 bits per heavy atom. The Kier molecular flexibility index (Phi) is 5.70. The fourth-order valence-electron chi connectivity index (χ4n) is 4.62. The van der Waals surface area contributed by atoms with E-state index < -0.39 is 0 Å². The maximum atomic E-state index is 12.7. The number of hydrogen-bond donors (Lipinski definition) is 1. The van der Waals surface area contributed by atoms with Gasteiger partial charge >= 0.3 is 0 Å². The van der Waals surface area contributed by atoms with Crippen molar-refractivity contribution in [2.24, 2.45) is 11.8 Å². The Bertz CT molecular complexity index is 573. The van der Waals surface area contributed by atoms with E-state index in [2.05, 4.69) is 31.1 Å². The van der Waals surface area contributed by atoms with Crippen molar-refractivity contribution >= 4 is 11.7 Å². The van der Waals surface area contributed by atoms with Crippen LogP contribution in [0.4, 0.5) is 5.82 Å². The molecule has 6 nitrogen and oxygen atoms in total. The average Bonchev–Trinajstić information content (AvgIpc) is 3.05. The van der Waals surface area contributed by atoms with Gasteiger partial charge in [0.15, 0.2) is 0 Å².